The highest BCUT2D eigenvalue weighted by Gasteiger charge is 2.09. The highest BCUT2D eigenvalue weighted by molar-refractivity contribution is 5.84. The second kappa shape index (κ2) is 6.81. The number of hydrogen-bond donors (Lipinski definition) is 1. The Morgan fingerprint density at radius 1 is 1.11 bits per heavy atom. The Kier molecular flexibility index (Phi) is 5.11. The minimum atomic E-state index is -0.195. The van der Waals surface area contributed by atoms with Crippen LogP contribution in [0.3, 0.4) is 0 Å². The monoisotopic (exact) mass is 252 g/mol. The smallest absolute Gasteiger partial charge is 0.148 e. The third kappa shape index (κ3) is 3.33. The SMILES string of the molecule is CN(CCO)c1ccc(C(C#N)=C(C#N)C#N)cc1. The number of anilines is 1. The highest BCUT2D eigenvalue weighted by Crippen LogP contribution is 2.21. The zero-order valence-electron chi connectivity index (χ0n) is 10.5. The largest absolute Gasteiger partial charge is 0.395 e. The summed E-state index contributed by atoms with van der Waals surface area (Å²) in [6.45, 7) is 0.552. The van der Waals surface area contributed by atoms with Crippen LogP contribution in [0.25, 0.3) is 5.57 Å². The Bertz CT molecular complexity index is 580. The van der Waals surface area contributed by atoms with Gasteiger partial charge in [0.25, 0.3) is 0 Å². The number of allylic oxidation sites excluding steroid dienone is 2. The number of nitriles is 3. The van der Waals surface area contributed by atoms with E-state index in [9.17, 15) is 0 Å². The average molecular weight is 252 g/mol. The van der Waals surface area contributed by atoms with Crippen molar-refractivity contribution in [2.45, 2.75) is 0 Å². The quantitative estimate of drug-likeness (QED) is 0.818. The minimum Gasteiger partial charge on any atom is -0.395 e. The number of rotatable bonds is 4. The highest BCUT2D eigenvalue weighted by atomic mass is 16.3. The van der Waals surface area contributed by atoms with Crippen LogP contribution < -0.4 is 4.90 Å². The molecule has 0 saturated carbocycles. The fourth-order valence-corrected chi connectivity index (χ4v) is 1.56. The molecule has 94 valence electrons. The van der Waals surface area contributed by atoms with Crippen molar-refractivity contribution in [1.29, 1.82) is 15.8 Å². The molecule has 5 heteroatoms. The predicted molar refractivity (Wildman–Crippen MR) is 70.6 cm³/mol. The van der Waals surface area contributed by atoms with Crippen LogP contribution in [0.15, 0.2) is 29.8 Å². The number of hydrogen-bond acceptors (Lipinski definition) is 5. The van der Waals surface area contributed by atoms with Gasteiger partial charge >= 0.3 is 0 Å². The maximum atomic E-state index is 9.02. The van der Waals surface area contributed by atoms with Crippen molar-refractivity contribution < 1.29 is 5.11 Å². The Labute approximate surface area is 111 Å². The van der Waals surface area contributed by atoms with Gasteiger partial charge < -0.3 is 10.0 Å². The van der Waals surface area contributed by atoms with Gasteiger partial charge in [0.15, 0.2) is 0 Å². The average Bonchev–Trinajstić information content (AvgIpc) is 2.45. The third-order valence-electron chi connectivity index (χ3n) is 2.62. The van der Waals surface area contributed by atoms with Crippen molar-refractivity contribution in [3.8, 4) is 18.2 Å². The molecule has 0 aromatic heterocycles. The van der Waals surface area contributed by atoms with Crippen molar-refractivity contribution in [2.24, 2.45) is 0 Å². The van der Waals surface area contributed by atoms with Gasteiger partial charge in [-0.05, 0) is 17.7 Å². The minimum absolute atomic E-state index is 0.0502. The predicted octanol–water partition coefficient (Wildman–Crippen LogP) is 1.44. The second-order valence-corrected chi connectivity index (χ2v) is 3.78. The molecule has 0 radical (unpaired) electrons. The van der Waals surface area contributed by atoms with E-state index in [1.807, 2.05) is 18.0 Å². The molecule has 0 unspecified atom stereocenters. The second-order valence-electron chi connectivity index (χ2n) is 3.78. The summed E-state index contributed by atoms with van der Waals surface area (Å²) < 4.78 is 0. The van der Waals surface area contributed by atoms with Gasteiger partial charge in [-0.15, -0.1) is 0 Å². The number of benzene rings is 1. The van der Waals surface area contributed by atoms with Gasteiger partial charge in [0.05, 0.1) is 12.2 Å². The molecule has 1 aromatic rings. The van der Waals surface area contributed by atoms with E-state index in [1.54, 1.807) is 36.4 Å². The maximum absolute atomic E-state index is 9.02. The number of nitrogens with zero attached hydrogens (tertiary/aromatic N) is 4. The molecule has 1 rings (SSSR count). The summed E-state index contributed by atoms with van der Waals surface area (Å²) in [5.41, 5.74) is 1.28. The lowest BCUT2D eigenvalue weighted by molar-refractivity contribution is 0.304. The molecular formula is C14H12N4O. The normalized spacial score (nSPS) is 8.79. The summed E-state index contributed by atoms with van der Waals surface area (Å²) in [6.07, 6.45) is 0. The van der Waals surface area contributed by atoms with Gasteiger partial charge in [0.2, 0.25) is 0 Å². The molecule has 0 fully saturated rings. The van der Waals surface area contributed by atoms with Crippen LogP contribution in [0.5, 0.6) is 0 Å². The lowest BCUT2D eigenvalue weighted by Gasteiger charge is -2.17. The van der Waals surface area contributed by atoms with E-state index in [2.05, 4.69) is 0 Å². The molecule has 0 atom stereocenters. The fourth-order valence-electron chi connectivity index (χ4n) is 1.56. The van der Waals surface area contributed by atoms with Crippen LogP contribution >= 0.6 is 0 Å². The van der Waals surface area contributed by atoms with E-state index in [0.29, 0.717) is 12.1 Å². The van der Waals surface area contributed by atoms with E-state index < -0.39 is 0 Å². The molecule has 0 amide bonds. The van der Waals surface area contributed by atoms with Gasteiger partial charge in [0, 0.05) is 19.3 Å². The van der Waals surface area contributed by atoms with Crippen LogP contribution in [0.4, 0.5) is 5.69 Å². The summed E-state index contributed by atoms with van der Waals surface area (Å²) in [6, 6.07) is 12.2. The maximum Gasteiger partial charge on any atom is 0.148 e. The van der Waals surface area contributed by atoms with Gasteiger partial charge in [-0.25, -0.2) is 0 Å². The Morgan fingerprint density at radius 2 is 1.68 bits per heavy atom. The summed E-state index contributed by atoms with van der Waals surface area (Å²) in [7, 11) is 1.84. The van der Waals surface area contributed by atoms with Crippen LogP contribution in [0.2, 0.25) is 0 Å². The number of likely N-dealkylation sites (N-methyl/N-ethyl adjacent to an activating group) is 1. The van der Waals surface area contributed by atoms with Crippen LogP contribution in [-0.2, 0) is 0 Å². The molecule has 5 nitrogen and oxygen atoms in total. The zero-order valence-corrected chi connectivity index (χ0v) is 10.5. The number of aliphatic hydroxyl groups is 1. The van der Waals surface area contributed by atoms with Crippen molar-refractivity contribution in [3.63, 3.8) is 0 Å². The molecule has 0 aliphatic rings. The third-order valence-corrected chi connectivity index (χ3v) is 2.62. The first kappa shape index (κ1) is 14.3. The van der Waals surface area contributed by atoms with Gasteiger partial charge in [-0.3, -0.25) is 0 Å². The topological polar surface area (TPSA) is 94.8 Å². The van der Waals surface area contributed by atoms with Crippen LogP contribution in [-0.4, -0.2) is 25.3 Å². The van der Waals surface area contributed by atoms with E-state index in [-0.39, 0.29) is 17.8 Å². The first-order valence-corrected chi connectivity index (χ1v) is 5.55. The molecular weight excluding hydrogens is 240 g/mol. The van der Waals surface area contributed by atoms with E-state index >= 15 is 0 Å². The van der Waals surface area contributed by atoms with Crippen molar-refractivity contribution in [2.75, 3.05) is 25.1 Å². The number of aliphatic hydroxyl groups excluding tert-OH is 1. The van der Waals surface area contributed by atoms with Crippen LogP contribution in [0, 0.1) is 34.0 Å². The van der Waals surface area contributed by atoms with Gasteiger partial charge in [0.1, 0.15) is 23.8 Å². The van der Waals surface area contributed by atoms with Crippen molar-refractivity contribution in [3.05, 3.63) is 35.4 Å². The molecule has 0 spiro atoms. The molecule has 0 saturated heterocycles. The van der Waals surface area contributed by atoms with Crippen LogP contribution in [0.1, 0.15) is 5.56 Å². The summed E-state index contributed by atoms with van der Waals surface area (Å²) in [5, 5.41) is 35.4. The van der Waals surface area contributed by atoms with E-state index in [4.69, 9.17) is 20.9 Å². The first-order valence-electron chi connectivity index (χ1n) is 5.55. The van der Waals surface area contributed by atoms with E-state index in [0.717, 1.165) is 5.69 Å². The molecule has 0 bridgehead atoms. The Morgan fingerprint density at radius 3 is 2.11 bits per heavy atom. The lowest BCUT2D eigenvalue weighted by atomic mass is 10.0. The zero-order chi connectivity index (χ0) is 14.3. The molecule has 0 aliphatic heterocycles. The van der Waals surface area contributed by atoms with Gasteiger partial charge in [-0.1, -0.05) is 12.1 Å². The van der Waals surface area contributed by atoms with Crippen molar-refractivity contribution >= 4 is 11.3 Å². The standard InChI is InChI=1S/C14H12N4O/c1-18(6-7-19)13-4-2-11(3-5-13)14(10-17)12(8-15)9-16/h2-5,19H,6-7H2,1H3. The molecule has 0 aliphatic carbocycles. The molecule has 1 N–H and O–H groups in total. The van der Waals surface area contributed by atoms with Gasteiger partial charge in [-0.2, -0.15) is 15.8 Å². The Balaban J connectivity index is 3.13. The van der Waals surface area contributed by atoms with E-state index in [1.165, 1.54) is 0 Å². The summed E-state index contributed by atoms with van der Waals surface area (Å²) in [5.74, 6) is 0. The Hall–Kier alpha value is -2.81. The molecule has 19 heavy (non-hydrogen) atoms. The molecule has 1 aromatic carbocycles. The van der Waals surface area contributed by atoms with Crippen molar-refractivity contribution in [1.82, 2.24) is 0 Å². The fraction of sp³-hybridized carbons (Fsp3) is 0.214. The first-order chi connectivity index (χ1) is 9.17. The summed E-state index contributed by atoms with van der Waals surface area (Å²) >= 11 is 0. The summed E-state index contributed by atoms with van der Waals surface area (Å²) in [4.78, 5) is 1.86. The molecule has 0 heterocycles. The lowest BCUT2D eigenvalue weighted by Crippen LogP contribution is -2.20.